The van der Waals surface area contributed by atoms with E-state index >= 15 is 0 Å². The summed E-state index contributed by atoms with van der Waals surface area (Å²) in [4.78, 5) is 19.5. The summed E-state index contributed by atoms with van der Waals surface area (Å²) >= 11 is 0. The van der Waals surface area contributed by atoms with Crippen LogP contribution in [-0.2, 0) is 17.9 Å². The number of hydrogen-bond acceptors (Lipinski definition) is 3. The summed E-state index contributed by atoms with van der Waals surface area (Å²) in [5.74, 6) is 0.953. The first-order chi connectivity index (χ1) is 13.5. The molecule has 3 atom stereocenters. The Balaban J connectivity index is 1.71. The van der Waals surface area contributed by atoms with E-state index < -0.39 is 0 Å². The fourth-order valence-electron chi connectivity index (χ4n) is 5.02. The molecule has 0 bridgehead atoms. The second-order valence-corrected chi connectivity index (χ2v) is 8.30. The van der Waals surface area contributed by atoms with Crippen LogP contribution in [0.4, 0.5) is 4.39 Å². The van der Waals surface area contributed by atoms with Gasteiger partial charge in [-0.2, -0.15) is 0 Å². The molecule has 0 unspecified atom stereocenters. The molecule has 1 aromatic carbocycles. The number of likely N-dealkylation sites (tertiary alicyclic amines) is 1. The summed E-state index contributed by atoms with van der Waals surface area (Å²) in [6, 6.07) is 7.17. The number of aromatic nitrogens is 2. The Morgan fingerprint density at radius 2 is 2.07 bits per heavy atom. The zero-order valence-corrected chi connectivity index (χ0v) is 16.7. The lowest BCUT2D eigenvalue weighted by atomic mass is 9.85. The van der Waals surface area contributed by atoms with Gasteiger partial charge in [-0.15, -0.1) is 0 Å². The van der Waals surface area contributed by atoms with Gasteiger partial charge >= 0.3 is 0 Å². The highest BCUT2D eigenvalue weighted by Gasteiger charge is 2.50. The Labute approximate surface area is 165 Å². The van der Waals surface area contributed by atoms with E-state index in [9.17, 15) is 9.18 Å². The number of nitrogens with one attached hydrogen (secondary N) is 1. The van der Waals surface area contributed by atoms with Crippen LogP contribution in [0.5, 0.6) is 0 Å². The van der Waals surface area contributed by atoms with Gasteiger partial charge in [-0.05, 0) is 50.8 Å². The maximum Gasteiger partial charge on any atom is 0.220 e. The molecule has 2 aliphatic heterocycles. The summed E-state index contributed by atoms with van der Waals surface area (Å²) in [5, 5.41) is 3.32. The number of halogens is 1. The van der Waals surface area contributed by atoms with E-state index in [0.717, 1.165) is 50.2 Å². The smallest absolute Gasteiger partial charge is 0.220 e. The Hall–Kier alpha value is -2.21. The topological polar surface area (TPSA) is 50.2 Å². The Morgan fingerprint density at radius 3 is 2.82 bits per heavy atom. The molecule has 2 aliphatic rings. The molecule has 1 N–H and O–H groups in total. The maximum atomic E-state index is 13.5. The number of rotatable bonds is 4. The number of hydrogen-bond donors (Lipinski definition) is 1. The highest BCUT2D eigenvalue weighted by Crippen LogP contribution is 2.45. The van der Waals surface area contributed by atoms with Crippen molar-refractivity contribution in [2.24, 2.45) is 0 Å². The van der Waals surface area contributed by atoms with Gasteiger partial charge < -0.3 is 9.88 Å². The minimum absolute atomic E-state index is 0.121. The van der Waals surface area contributed by atoms with Crippen LogP contribution < -0.4 is 5.32 Å². The molecule has 1 amide bonds. The summed E-state index contributed by atoms with van der Waals surface area (Å²) < 4.78 is 15.7. The number of amides is 1. The molecule has 2 saturated heterocycles. The quantitative estimate of drug-likeness (QED) is 0.872. The first-order valence-electron chi connectivity index (χ1n) is 10.3. The van der Waals surface area contributed by atoms with Gasteiger partial charge in [0, 0.05) is 37.4 Å². The predicted molar refractivity (Wildman–Crippen MR) is 106 cm³/mol. The van der Waals surface area contributed by atoms with Gasteiger partial charge in [0.2, 0.25) is 5.91 Å². The number of fused-ring (bicyclic) bond motifs is 1. The Kier molecular flexibility index (Phi) is 5.23. The van der Waals surface area contributed by atoms with E-state index in [0.29, 0.717) is 6.42 Å². The highest BCUT2D eigenvalue weighted by molar-refractivity contribution is 5.77. The van der Waals surface area contributed by atoms with Gasteiger partial charge in [0.25, 0.3) is 0 Å². The molecule has 2 aromatic rings. The fourth-order valence-corrected chi connectivity index (χ4v) is 5.02. The van der Waals surface area contributed by atoms with Gasteiger partial charge in [-0.25, -0.2) is 9.37 Å². The highest BCUT2D eigenvalue weighted by atomic mass is 19.1. The second kappa shape index (κ2) is 7.66. The van der Waals surface area contributed by atoms with Crippen LogP contribution in [0.2, 0.25) is 0 Å². The zero-order chi connectivity index (χ0) is 19.7. The molecule has 0 spiro atoms. The van der Waals surface area contributed by atoms with E-state index in [1.165, 1.54) is 12.1 Å². The molecule has 28 heavy (non-hydrogen) atoms. The number of carbonyl (C=O) groups is 1. The SMILES string of the molecule is CCn1ccnc1CN1[C@H]2CCCCC(=O)N[C@@]2(C)C[C@H]1c1ccc(F)cc1. The first-order valence-corrected chi connectivity index (χ1v) is 10.3. The van der Waals surface area contributed by atoms with Crippen molar-refractivity contribution in [3.63, 3.8) is 0 Å². The Morgan fingerprint density at radius 1 is 1.29 bits per heavy atom. The van der Waals surface area contributed by atoms with E-state index in [1.54, 1.807) is 0 Å². The van der Waals surface area contributed by atoms with Crippen molar-refractivity contribution < 1.29 is 9.18 Å². The Bertz CT molecular complexity index is 833. The molecular weight excluding hydrogens is 355 g/mol. The van der Waals surface area contributed by atoms with Crippen molar-refractivity contribution >= 4 is 5.91 Å². The van der Waals surface area contributed by atoms with Crippen molar-refractivity contribution in [1.29, 1.82) is 0 Å². The van der Waals surface area contributed by atoms with Crippen LogP contribution in [-0.4, -0.2) is 31.9 Å². The van der Waals surface area contributed by atoms with Crippen LogP contribution in [0.15, 0.2) is 36.7 Å². The average Bonchev–Trinajstić information content (AvgIpc) is 3.21. The number of aryl methyl sites for hydroxylation is 1. The monoisotopic (exact) mass is 384 g/mol. The lowest BCUT2D eigenvalue weighted by molar-refractivity contribution is -0.123. The summed E-state index contributed by atoms with van der Waals surface area (Å²) in [6.45, 7) is 5.89. The molecule has 1 aromatic heterocycles. The molecule has 0 aliphatic carbocycles. The summed E-state index contributed by atoms with van der Waals surface area (Å²) in [5.41, 5.74) is 0.804. The molecule has 4 rings (SSSR count). The number of benzene rings is 1. The fraction of sp³-hybridized carbons (Fsp3) is 0.545. The third-order valence-electron chi connectivity index (χ3n) is 6.43. The lowest BCUT2D eigenvalue weighted by Gasteiger charge is -2.38. The molecule has 6 heteroatoms. The van der Waals surface area contributed by atoms with E-state index in [-0.39, 0.29) is 29.3 Å². The minimum atomic E-state index is -0.291. The number of nitrogens with zero attached hydrogens (tertiary/aromatic N) is 3. The lowest BCUT2D eigenvalue weighted by Crippen LogP contribution is -2.55. The predicted octanol–water partition coefficient (Wildman–Crippen LogP) is 3.81. The third kappa shape index (κ3) is 3.58. The second-order valence-electron chi connectivity index (χ2n) is 8.30. The van der Waals surface area contributed by atoms with E-state index in [4.69, 9.17) is 0 Å². The zero-order valence-electron chi connectivity index (χ0n) is 16.7. The molecule has 150 valence electrons. The number of imidazole rings is 1. The molecule has 3 heterocycles. The molecule has 2 fully saturated rings. The summed E-state index contributed by atoms with van der Waals surface area (Å²) in [6.07, 6.45) is 8.30. The van der Waals surface area contributed by atoms with Gasteiger partial charge in [0.15, 0.2) is 0 Å². The minimum Gasteiger partial charge on any atom is -0.349 e. The van der Waals surface area contributed by atoms with Crippen molar-refractivity contribution in [3.05, 3.63) is 53.9 Å². The van der Waals surface area contributed by atoms with Crippen molar-refractivity contribution in [1.82, 2.24) is 19.8 Å². The van der Waals surface area contributed by atoms with E-state index in [1.807, 2.05) is 24.5 Å². The van der Waals surface area contributed by atoms with Gasteiger partial charge in [-0.3, -0.25) is 9.69 Å². The number of carbonyl (C=O) groups excluding carboxylic acids is 1. The summed E-state index contributed by atoms with van der Waals surface area (Å²) in [7, 11) is 0. The molecular formula is C22H29FN4O. The normalized spacial score (nSPS) is 28.5. The molecule has 0 radical (unpaired) electrons. The van der Waals surface area contributed by atoms with Crippen LogP contribution in [0.1, 0.15) is 63.4 Å². The van der Waals surface area contributed by atoms with Crippen LogP contribution >= 0.6 is 0 Å². The van der Waals surface area contributed by atoms with Gasteiger partial charge in [0.05, 0.1) is 12.1 Å². The first kappa shape index (κ1) is 19.1. The van der Waals surface area contributed by atoms with Crippen molar-refractivity contribution in [2.75, 3.05) is 0 Å². The standard InChI is InChI=1S/C22H29FN4O/c1-3-26-13-12-24-20(26)15-27-18(16-8-10-17(23)11-9-16)14-22(2)19(27)6-4-5-7-21(28)25-22/h8-13,18-19H,3-7,14-15H2,1-2H3,(H,25,28)/t18-,19-,22-/m0/s1. The van der Waals surface area contributed by atoms with Crippen molar-refractivity contribution in [3.8, 4) is 0 Å². The maximum absolute atomic E-state index is 13.5. The van der Waals surface area contributed by atoms with Crippen LogP contribution in [0, 0.1) is 5.82 Å². The molecule has 5 nitrogen and oxygen atoms in total. The largest absolute Gasteiger partial charge is 0.349 e. The average molecular weight is 384 g/mol. The van der Waals surface area contributed by atoms with Gasteiger partial charge in [0.1, 0.15) is 11.6 Å². The third-order valence-corrected chi connectivity index (χ3v) is 6.43. The molecule has 0 saturated carbocycles. The van der Waals surface area contributed by atoms with E-state index in [2.05, 4.69) is 33.6 Å². The van der Waals surface area contributed by atoms with Crippen LogP contribution in [0.25, 0.3) is 0 Å². The van der Waals surface area contributed by atoms with Crippen molar-refractivity contribution in [2.45, 2.75) is 76.7 Å². The van der Waals surface area contributed by atoms with Gasteiger partial charge in [-0.1, -0.05) is 18.6 Å². The van der Waals surface area contributed by atoms with Crippen LogP contribution in [0.3, 0.4) is 0 Å².